The third-order valence-corrected chi connectivity index (χ3v) is 5.18. The van der Waals surface area contributed by atoms with Crippen LogP contribution in [0.4, 0.5) is 0 Å². The van der Waals surface area contributed by atoms with Crippen LogP contribution in [0.25, 0.3) is 0 Å². The average Bonchev–Trinajstić information content (AvgIpc) is 3.13. The van der Waals surface area contributed by atoms with Gasteiger partial charge in [-0.1, -0.05) is 0 Å². The number of hydrogen-bond acceptors (Lipinski definition) is 6. The molecule has 0 aromatic heterocycles. The summed E-state index contributed by atoms with van der Waals surface area (Å²) in [5, 5.41) is 0. The van der Waals surface area contributed by atoms with E-state index in [0.717, 1.165) is 0 Å². The van der Waals surface area contributed by atoms with Crippen molar-refractivity contribution in [1.82, 2.24) is 0 Å². The molecule has 3 aliphatic rings. The Hall–Kier alpha value is -1.43. The fourth-order valence-corrected chi connectivity index (χ4v) is 4.04. The van der Waals surface area contributed by atoms with Crippen LogP contribution >= 0.6 is 0 Å². The molecule has 21 heavy (non-hydrogen) atoms. The lowest BCUT2D eigenvalue weighted by atomic mass is 9.64. The van der Waals surface area contributed by atoms with Crippen molar-refractivity contribution >= 4 is 17.7 Å². The molecular formula is C15H20O6. The highest BCUT2D eigenvalue weighted by atomic mass is 16.6. The van der Waals surface area contributed by atoms with E-state index in [1.807, 2.05) is 0 Å². The number of esters is 2. The minimum atomic E-state index is -0.946. The quantitative estimate of drug-likeness (QED) is 0.716. The van der Waals surface area contributed by atoms with Gasteiger partial charge in [0.2, 0.25) is 0 Å². The highest BCUT2D eigenvalue weighted by molar-refractivity contribution is 6.03. The lowest BCUT2D eigenvalue weighted by molar-refractivity contribution is -0.166. The van der Waals surface area contributed by atoms with Crippen molar-refractivity contribution in [3.63, 3.8) is 0 Å². The molecule has 0 aromatic carbocycles. The van der Waals surface area contributed by atoms with E-state index in [1.54, 1.807) is 20.8 Å². The Kier molecular flexibility index (Phi) is 3.13. The van der Waals surface area contributed by atoms with Crippen molar-refractivity contribution < 1.29 is 28.6 Å². The molecule has 0 N–H and O–H groups in total. The topological polar surface area (TPSA) is 78.9 Å². The smallest absolute Gasteiger partial charge is 0.313 e. The monoisotopic (exact) mass is 296 g/mol. The fraction of sp³-hybridized carbons (Fsp3) is 0.800. The van der Waals surface area contributed by atoms with Gasteiger partial charge < -0.3 is 14.2 Å². The zero-order valence-corrected chi connectivity index (χ0v) is 12.5. The van der Waals surface area contributed by atoms with Gasteiger partial charge in [-0.25, -0.2) is 0 Å². The Morgan fingerprint density at radius 3 is 2.29 bits per heavy atom. The molecule has 2 heterocycles. The van der Waals surface area contributed by atoms with Crippen LogP contribution in [-0.4, -0.2) is 42.6 Å². The molecule has 0 radical (unpaired) electrons. The highest BCUT2D eigenvalue weighted by Gasteiger charge is 2.81. The lowest BCUT2D eigenvalue weighted by Gasteiger charge is -2.36. The molecule has 1 aliphatic carbocycles. The summed E-state index contributed by atoms with van der Waals surface area (Å²) in [4.78, 5) is 37.1. The van der Waals surface area contributed by atoms with E-state index in [9.17, 15) is 14.4 Å². The van der Waals surface area contributed by atoms with Gasteiger partial charge in [0, 0.05) is 0 Å². The number of carbonyl (C=O) groups excluding carboxylic acids is 3. The maximum Gasteiger partial charge on any atom is 0.313 e. The fourth-order valence-electron chi connectivity index (χ4n) is 4.04. The number of hydrogen-bond donors (Lipinski definition) is 0. The predicted octanol–water partition coefficient (Wildman–Crippen LogP) is 0.865. The van der Waals surface area contributed by atoms with Gasteiger partial charge in [0.05, 0.1) is 24.2 Å². The number of rotatable bonds is 4. The van der Waals surface area contributed by atoms with Crippen molar-refractivity contribution in [2.45, 2.75) is 45.3 Å². The summed E-state index contributed by atoms with van der Waals surface area (Å²) in [6.07, 6.45) is 0.556. The maximum absolute atomic E-state index is 12.5. The normalized spacial score (nSPS) is 38.6. The van der Waals surface area contributed by atoms with Crippen molar-refractivity contribution in [3.8, 4) is 0 Å². The molecule has 1 spiro atoms. The van der Waals surface area contributed by atoms with Gasteiger partial charge in [-0.2, -0.15) is 0 Å². The first kappa shape index (κ1) is 14.5. The Morgan fingerprint density at radius 2 is 1.76 bits per heavy atom. The Morgan fingerprint density at radius 1 is 1.19 bits per heavy atom. The summed E-state index contributed by atoms with van der Waals surface area (Å²) in [7, 11) is 0. The molecule has 0 unspecified atom stereocenters. The third-order valence-electron chi connectivity index (χ3n) is 5.18. The standard InChI is InChI=1S/C15H20O6/c1-4-19-12(17)8-9(13(18)20-5-2)14(3)15(6-7-15)11(16)10(8)21-14/h8-10H,4-7H2,1-3H3/t8-,9+,10+,14-/m0/s1. The van der Waals surface area contributed by atoms with E-state index in [4.69, 9.17) is 14.2 Å². The summed E-state index contributed by atoms with van der Waals surface area (Å²) in [6, 6.07) is 0. The van der Waals surface area contributed by atoms with Gasteiger partial charge >= 0.3 is 11.9 Å². The van der Waals surface area contributed by atoms with Crippen LogP contribution in [-0.2, 0) is 28.6 Å². The first-order chi connectivity index (χ1) is 9.93. The number of carbonyl (C=O) groups is 3. The maximum atomic E-state index is 12.5. The van der Waals surface area contributed by atoms with Crippen LogP contribution in [0.2, 0.25) is 0 Å². The van der Waals surface area contributed by atoms with Gasteiger partial charge in [0.1, 0.15) is 17.9 Å². The molecule has 2 aliphatic heterocycles. The molecule has 0 amide bonds. The van der Waals surface area contributed by atoms with E-state index in [2.05, 4.69) is 0 Å². The van der Waals surface area contributed by atoms with Crippen molar-refractivity contribution in [1.29, 1.82) is 0 Å². The number of Topliss-reactive ketones (excluding diaryl/α,β-unsaturated/α-hetero) is 1. The van der Waals surface area contributed by atoms with Crippen LogP contribution < -0.4 is 0 Å². The zero-order valence-electron chi connectivity index (χ0n) is 12.5. The molecule has 3 fully saturated rings. The van der Waals surface area contributed by atoms with Crippen molar-refractivity contribution in [2.24, 2.45) is 17.3 Å². The van der Waals surface area contributed by atoms with Crippen LogP contribution in [0.15, 0.2) is 0 Å². The van der Waals surface area contributed by atoms with E-state index in [1.165, 1.54) is 0 Å². The molecule has 6 heteroatoms. The summed E-state index contributed by atoms with van der Waals surface area (Å²) in [6.45, 7) is 5.60. The molecule has 116 valence electrons. The van der Waals surface area contributed by atoms with Crippen LogP contribution in [0, 0.1) is 17.3 Å². The zero-order chi connectivity index (χ0) is 15.4. The third kappa shape index (κ3) is 1.65. The molecule has 1 saturated carbocycles. The summed E-state index contributed by atoms with van der Waals surface area (Å²) >= 11 is 0. The number of ether oxygens (including phenoxy) is 3. The second-order valence-electron chi connectivity index (χ2n) is 6.10. The van der Waals surface area contributed by atoms with E-state index < -0.39 is 40.9 Å². The Balaban J connectivity index is 1.98. The van der Waals surface area contributed by atoms with Crippen LogP contribution in [0.5, 0.6) is 0 Å². The van der Waals surface area contributed by atoms with Crippen molar-refractivity contribution in [2.75, 3.05) is 13.2 Å². The largest absolute Gasteiger partial charge is 0.466 e. The van der Waals surface area contributed by atoms with Crippen LogP contribution in [0.3, 0.4) is 0 Å². The predicted molar refractivity (Wildman–Crippen MR) is 70.2 cm³/mol. The highest BCUT2D eigenvalue weighted by Crippen LogP contribution is 2.69. The molecule has 2 saturated heterocycles. The molecule has 6 nitrogen and oxygen atoms in total. The van der Waals surface area contributed by atoms with Gasteiger partial charge in [-0.3, -0.25) is 14.4 Å². The number of ketones is 1. The van der Waals surface area contributed by atoms with E-state index in [0.29, 0.717) is 12.8 Å². The Labute approximate surface area is 123 Å². The van der Waals surface area contributed by atoms with Gasteiger partial charge in [-0.15, -0.1) is 0 Å². The van der Waals surface area contributed by atoms with Crippen LogP contribution in [0.1, 0.15) is 33.6 Å². The molecule has 3 rings (SSSR count). The molecule has 0 aromatic rings. The second kappa shape index (κ2) is 4.53. The van der Waals surface area contributed by atoms with Gasteiger partial charge in [0.25, 0.3) is 0 Å². The lowest BCUT2D eigenvalue weighted by Crippen LogP contribution is -2.54. The van der Waals surface area contributed by atoms with Crippen molar-refractivity contribution in [3.05, 3.63) is 0 Å². The summed E-state index contributed by atoms with van der Waals surface area (Å²) in [5.74, 6) is -2.72. The molecule has 2 bridgehead atoms. The molecular weight excluding hydrogens is 276 g/mol. The minimum Gasteiger partial charge on any atom is -0.466 e. The first-order valence-corrected chi connectivity index (χ1v) is 7.48. The molecule has 4 atom stereocenters. The second-order valence-corrected chi connectivity index (χ2v) is 6.10. The van der Waals surface area contributed by atoms with Gasteiger partial charge in [0.15, 0.2) is 5.78 Å². The minimum absolute atomic E-state index is 0.0522. The van der Waals surface area contributed by atoms with Gasteiger partial charge in [-0.05, 0) is 33.6 Å². The van der Waals surface area contributed by atoms with E-state index >= 15 is 0 Å². The van der Waals surface area contributed by atoms with E-state index in [-0.39, 0.29) is 19.0 Å². The Bertz CT molecular complexity index is 508. The first-order valence-electron chi connectivity index (χ1n) is 7.48. The summed E-state index contributed by atoms with van der Waals surface area (Å²) < 4.78 is 16.0. The number of fused-ring (bicyclic) bond motifs is 3. The SMILES string of the molecule is CCOC(=O)[C@@H]1[C@H]2O[C@@](C)([C@H]1C(=O)OCC)C1(CC1)C2=O. The average molecular weight is 296 g/mol. The summed E-state index contributed by atoms with van der Waals surface area (Å²) in [5.41, 5.74) is -1.55.